The summed E-state index contributed by atoms with van der Waals surface area (Å²) in [5.74, 6) is 0.125. The van der Waals surface area contributed by atoms with Gasteiger partial charge in [-0.1, -0.05) is 6.07 Å². The zero-order chi connectivity index (χ0) is 6.69. The minimum absolute atomic E-state index is 0.125. The van der Waals surface area contributed by atoms with Crippen molar-refractivity contribution >= 4 is 5.69 Å². The van der Waals surface area contributed by atoms with Crippen molar-refractivity contribution in [3.63, 3.8) is 0 Å². The molecule has 0 atom stereocenters. The first-order valence-electron chi connectivity index (χ1n) is 2.57. The summed E-state index contributed by atoms with van der Waals surface area (Å²) < 4.78 is 0. The van der Waals surface area contributed by atoms with Gasteiger partial charge in [0.15, 0.2) is 0 Å². The number of rotatable bonds is 1. The van der Waals surface area contributed by atoms with E-state index in [1.807, 2.05) is 0 Å². The Kier molecular flexibility index (Phi) is 1.67. The van der Waals surface area contributed by atoms with Crippen molar-refractivity contribution in [1.82, 2.24) is 0 Å². The molecule has 0 spiro atoms. The normalized spacial score (nSPS) is 9.44. The van der Waals surface area contributed by atoms with Gasteiger partial charge in [-0.2, -0.15) is 0 Å². The smallest absolute Gasteiger partial charge is 0.133 e. The second-order valence-corrected chi connectivity index (χ2v) is 1.71. The maximum Gasteiger partial charge on any atom is 0.133 e. The molecular formula is C6H7NO2. The average molecular weight is 125 g/mol. The van der Waals surface area contributed by atoms with E-state index in [-0.39, 0.29) is 5.75 Å². The fraction of sp³-hybridized carbons (Fsp3) is 0. The van der Waals surface area contributed by atoms with Gasteiger partial charge in [0.25, 0.3) is 0 Å². The lowest BCUT2D eigenvalue weighted by molar-refractivity contribution is -0.497. The zero-order valence-electron chi connectivity index (χ0n) is 4.74. The second kappa shape index (κ2) is 2.48. The van der Waals surface area contributed by atoms with Gasteiger partial charge in [-0.15, -0.1) is 0 Å². The first kappa shape index (κ1) is 6.07. The fourth-order valence-corrected chi connectivity index (χ4v) is 0.598. The first-order valence-corrected chi connectivity index (χ1v) is 2.57. The molecule has 0 saturated heterocycles. The van der Waals surface area contributed by atoms with Gasteiger partial charge in [0.2, 0.25) is 0 Å². The third-order valence-electron chi connectivity index (χ3n) is 1.01. The predicted octanol–water partition coefficient (Wildman–Crippen LogP) is 0.0849. The number of hydrogen-bond acceptors (Lipinski definition) is 2. The molecule has 0 radical (unpaired) electrons. The standard InChI is InChI=1S/C6H7NO2/c8-6-3-1-2-5(4-6)7-9/h1-4,8H,7H2. The molecule has 0 bridgehead atoms. The van der Waals surface area contributed by atoms with Crippen molar-refractivity contribution in [3.8, 4) is 5.75 Å². The van der Waals surface area contributed by atoms with Gasteiger partial charge in [-0.05, 0) is 12.1 Å². The number of benzene rings is 1. The van der Waals surface area contributed by atoms with E-state index in [4.69, 9.17) is 5.11 Å². The van der Waals surface area contributed by atoms with Gasteiger partial charge in [0.1, 0.15) is 11.4 Å². The van der Waals surface area contributed by atoms with E-state index in [2.05, 4.69) is 0 Å². The van der Waals surface area contributed by atoms with E-state index in [1.165, 1.54) is 12.1 Å². The summed E-state index contributed by atoms with van der Waals surface area (Å²) in [7, 11) is 0. The molecule has 3 nitrogen and oxygen atoms in total. The van der Waals surface area contributed by atoms with Gasteiger partial charge in [0.05, 0.1) is 0 Å². The molecule has 3 N–H and O–H groups in total. The summed E-state index contributed by atoms with van der Waals surface area (Å²) in [5, 5.41) is 18.8. The molecule has 0 aliphatic carbocycles. The van der Waals surface area contributed by atoms with Crippen LogP contribution in [0.15, 0.2) is 24.3 Å². The van der Waals surface area contributed by atoms with Gasteiger partial charge in [-0.3, -0.25) is 0 Å². The third kappa shape index (κ3) is 1.42. The maximum absolute atomic E-state index is 10.0. The van der Waals surface area contributed by atoms with Crippen LogP contribution in [-0.2, 0) is 0 Å². The van der Waals surface area contributed by atoms with Gasteiger partial charge >= 0.3 is 0 Å². The SMILES string of the molecule is [O-][NH2+]c1cccc(O)c1. The molecule has 0 amide bonds. The Morgan fingerprint density at radius 3 is 2.67 bits per heavy atom. The summed E-state index contributed by atoms with van der Waals surface area (Å²) in [5.41, 5.74) is 1.19. The van der Waals surface area contributed by atoms with E-state index >= 15 is 0 Å². The Bertz CT molecular complexity index is 200. The molecule has 0 heterocycles. The molecule has 3 heteroatoms. The molecule has 0 saturated carbocycles. The van der Waals surface area contributed by atoms with Crippen LogP contribution in [0.5, 0.6) is 5.75 Å². The highest BCUT2D eigenvalue weighted by atomic mass is 16.5. The lowest BCUT2D eigenvalue weighted by Crippen LogP contribution is -2.69. The number of quaternary nitrogens is 1. The number of phenolic OH excluding ortho intramolecular Hbond substituents is 1. The lowest BCUT2D eigenvalue weighted by atomic mass is 10.3. The minimum Gasteiger partial charge on any atom is -0.630 e. The molecule has 0 aromatic heterocycles. The topological polar surface area (TPSA) is 59.9 Å². The number of aromatic hydroxyl groups is 1. The third-order valence-corrected chi connectivity index (χ3v) is 1.01. The van der Waals surface area contributed by atoms with Gasteiger partial charge in [0, 0.05) is 6.07 Å². The minimum atomic E-state index is 0.125. The lowest BCUT2D eigenvalue weighted by Gasteiger charge is -1.99. The first-order chi connectivity index (χ1) is 4.33. The van der Waals surface area contributed by atoms with E-state index in [0.717, 1.165) is 0 Å². The van der Waals surface area contributed by atoms with Crippen LogP contribution < -0.4 is 5.48 Å². The summed E-state index contributed by atoms with van der Waals surface area (Å²) in [6.07, 6.45) is 0. The van der Waals surface area contributed by atoms with E-state index < -0.39 is 0 Å². The molecule has 1 rings (SSSR count). The average Bonchev–Trinajstić information content (AvgIpc) is 1.88. The van der Waals surface area contributed by atoms with Gasteiger partial charge in [-0.25, -0.2) is 0 Å². The molecule has 48 valence electrons. The molecular weight excluding hydrogens is 118 g/mol. The van der Waals surface area contributed by atoms with Gasteiger partial charge < -0.3 is 15.8 Å². The summed E-state index contributed by atoms with van der Waals surface area (Å²) in [6.45, 7) is 0. The highest BCUT2D eigenvalue weighted by molar-refractivity contribution is 5.35. The zero-order valence-corrected chi connectivity index (χ0v) is 4.74. The Morgan fingerprint density at radius 2 is 2.22 bits per heavy atom. The van der Waals surface area contributed by atoms with Crippen LogP contribution in [0.4, 0.5) is 5.69 Å². The highest BCUT2D eigenvalue weighted by Crippen LogP contribution is 2.10. The maximum atomic E-state index is 10.0. The van der Waals surface area contributed by atoms with Crippen molar-refractivity contribution in [2.24, 2.45) is 0 Å². The molecule has 0 aliphatic heterocycles. The van der Waals surface area contributed by atoms with Crippen molar-refractivity contribution in [1.29, 1.82) is 0 Å². The van der Waals surface area contributed by atoms with E-state index in [9.17, 15) is 5.21 Å². The molecule has 1 aromatic rings. The molecule has 0 fully saturated rings. The van der Waals surface area contributed by atoms with Crippen LogP contribution in [0, 0.1) is 5.21 Å². The Balaban J connectivity index is 2.94. The van der Waals surface area contributed by atoms with Crippen LogP contribution in [0.25, 0.3) is 0 Å². The van der Waals surface area contributed by atoms with E-state index in [0.29, 0.717) is 11.2 Å². The summed E-state index contributed by atoms with van der Waals surface area (Å²) >= 11 is 0. The van der Waals surface area contributed by atoms with Crippen LogP contribution in [0.3, 0.4) is 0 Å². The Hall–Kier alpha value is -1.06. The van der Waals surface area contributed by atoms with Crippen molar-refractivity contribution in [2.75, 3.05) is 0 Å². The van der Waals surface area contributed by atoms with Crippen LogP contribution in [0.2, 0.25) is 0 Å². The Morgan fingerprint density at radius 1 is 1.44 bits per heavy atom. The fourth-order valence-electron chi connectivity index (χ4n) is 0.598. The summed E-state index contributed by atoms with van der Waals surface area (Å²) in [4.78, 5) is 0. The summed E-state index contributed by atoms with van der Waals surface area (Å²) in [6, 6.07) is 6.19. The highest BCUT2D eigenvalue weighted by Gasteiger charge is 1.89. The van der Waals surface area contributed by atoms with Crippen LogP contribution >= 0.6 is 0 Å². The number of phenols is 1. The second-order valence-electron chi connectivity index (χ2n) is 1.71. The number of hydrogen-bond donors (Lipinski definition) is 2. The molecule has 0 aliphatic rings. The molecule has 1 aromatic carbocycles. The van der Waals surface area contributed by atoms with Crippen LogP contribution in [0.1, 0.15) is 0 Å². The van der Waals surface area contributed by atoms with E-state index in [1.54, 1.807) is 12.1 Å². The predicted molar refractivity (Wildman–Crippen MR) is 33.1 cm³/mol. The molecule has 0 unspecified atom stereocenters. The monoisotopic (exact) mass is 125 g/mol. The Labute approximate surface area is 52.5 Å². The van der Waals surface area contributed by atoms with Crippen molar-refractivity contribution in [3.05, 3.63) is 29.5 Å². The van der Waals surface area contributed by atoms with Crippen LogP contribution in [-0.4, -0.2) is 5.11 Å². The largest absolute Gasteiger partial charge is 0.630 e. The van der Waals surface area contributed by atoms with Crippen molar-refractivity contribution in [2.45, 2.75) is 0 Å². The molecule has 9 heavy (non-hydrogen) atoms. The quantitative estimate of drug-likeness (QED) is 0.412. The number of nitrogens with two attached hydrogens (primary N) is 1. The van der Waals surface area contributed by atoms with Crippen molar-refractivity contribution < 1.29 is 10.6 Å².